The molecule has 114 valence electrons. The third-order valence-corrected chi connectivity index (χ3v) is 3.06. The molecule has 0 fully saturated rings. The number of hydrogen-bond acceptors (Lipinski definition) is 7. The molecule has 1 aromatic rings. The molecule has 1 aromatic heterocycles. The Balaban J connectivity index is 2.60. The Morgan fingerprint density at radius 1 is 1.50 bits per heavy atom. The van der Waals surface area contributed by atoms with Gasteiger partial charge < -0.3 is 14.5 Å². The number of carbonyl (C=O) groups excluding carboxylic acids is 1. The molecule has 0 aliphatic carbocycles. The summed E-state index contributed by atoms with van der Waals surface area (Å²) in [7, 11) is -3.32. The van der Waals surface area contributed by atoms with Crippen LogP contribution in [0.4, 0.5) is 6.01 Å². The van der Waals surface area contributed by atoms with Gasteiger partial charge in [-0.25, -0.2) is 17.9 Å². The molecule has 0 unspecified atom stereocenters. The summed E-state index contributed by atoms with van der Waals surface area (Å²) in [6.45, 7) is 5.59. The van der Waals surface area contributed by atoms with Gasteiger partial charge in [-0.1, -0.05) is 0 Å². The predicted molar refractivity (Wildman–Crippen MR) is 73.0 cm³/mol. The third-order valence-electron chi connectivity index (χ3n) is 2.13. The van der Waals surface area contributed by atoms with Crippen molar-refractivity contribution in [3.8, 4) is 0 Å². The van der Waals surface area contributed by atoms with Gasteiger partial charge in [0.25, 0.3) is 6.01 Å². The van der Waals surface area contributed by atoms with Crippen molar-refractivity contribution in [1.82, 2.24) is 9.71 Å². The number of ether oxygens (including phenoxy) is 1. The summed E-state index contributed by atoms with van der Waals surface area (Å²) < 4.78 is 34.7. The van der Waals surface area contributed by atoms with Gasteiger partial charge in [0, 0.05) is 12.1 Å². The van der Waals surface area contributed by atoms with E-state index in [1.807, 2.05) is 0 Å². The number of aromatic nitrogens is 1. The first-order chi connectivity index (χ1) is 9.13. The standard InChI is InChI=1S/C11H19N3O5S/c1-5-18-9(15)8-6-19-10(13-8)12-7-11(2,3)14-20(4,16)17/h6,14H,5,7H2,1-4H3,(H,12,13). The number of sulfonamides is 1. The van der Waals surface area contributed by atoms with E-state index >= 15 is 0 Å². The lowest BCUT2D eigenvalue weighted by atomic mass is 10.1. The molecule has 8 nitrogen and oxygen atoms in total. The van der Waals surface area contributed by atoms with Crippen molar-refractivity contribution >= 4 is 22.0 Å². The zero-order valence-electron chi connectivity index (χ0n) is 11.9. The molecule has 0 amide bonds. The van der Waals surface area contributed by atoms with E-state index in [1.54, 1.807) is 20.8 Å². The highest BCUT2D eigenvalue weighted by atomic mass is 32.2. The van der Waals surface area contributed by atoms with Gasteiger partial charge >= 0.3 is 5.97 Å². The minimum atomic E-state index is -3.32. The Hall–Kier alpha value is -1.61. The largest absolute Gasteiger partial charge is 0.461 e. The number of anilines is 1. The van der Waals surface area contributed by atoms with Crippen LogP contribution >= 0.6 is 0 Å². The summed E-state index contributed by atoms with van der Waals surface area (Å²) in [5.74, 6) is -0.571. The second kappa shape index (κ2) is 6.23. The average Bonchev–Trinajstić information content (AvgIpc) is 2.72. The predicted octanol–water partition coefficient (Wildman–Crippen LogP) is 0.591. The molecule has 0 aliphatic rings. The highest BCUT2D eigenvalue weighted by Gasteiger charge is 2.23. The topological polar surface area (TPSA) is 111 Å². The molecule has 0 aromatic carbocycles. The second-order valence-electron chi connectivity index (χ2n) is 4.87. The Kier molecular flexibility index (Phi) is 5.12. The molecular formula is C11H19N3O5S. The van der Waals surface area contributed by atoms with E-state index in [1.165, 1.54) is 6.26 Å². The van der Waals surface area contributed by atoms with E-state index in [4.69, 9.17) is 9.15 Å². The van der Waals surface area contributed by atoms with Crippen LogP contribution in [0, 0.1) is 0 Å². The molecule has 0 radical (unpaired) electrons. The maximum Gasteiger partial charge on any atom is 0.360 e. The van der Waals surface area contributed by atoms with Crippen LogP contribution in [0.3, 0.4) is 0 Å². The van der Waals surface area contributed by atoms with Crippen molar-refractivity contribution in [2.24, 2.45) is 0 Å². The van der Waals surface area contributed by atoms with Crippen molar-refractivity contribution in [2.45, 2.75) is 26.3 Å². The fourth-order valence-electron chi connectivity index (χ4n) is 1.49. The van der Waals surface area contributed by atoms with Gasteiger partial charge in [-0.3, -0.25) is 0 Å². The zero-order valence-corrected chi connectivity index (χ0v) is 12.7. The van der Waals surface area contributed by atoms with Crippen molar-refractivity contribution < 1.29 is 22.4 Å². The fraction of sp³-hybridized carbons (Fsp3) is 0.636. The lowest BCUT2D eigenvalue weighted by Gasteiger charge is -2.24. The Bertz CT molecular complexity index is 564. The van der Waals surface area contributed by atoms with Gasteiger partial charge in [0.05, 0.1) is 12.9 Å². The molecule has 0 atom stereocenters. The van der Waals surface area contributed by atoms with E-state index in [0.717, 1.165) is 6.26 Å². The fourth-order valence-corrected chi connectivity index (χ4v) is 2.56. The Morgan fingerprint density at radius 2 is 2.15 bits per heavy atom. The summed E-state index contributed by atoms with van der Waals surface area (Å²) in [5, 5.41) is 2.81. The molecule has 0 saturated heterocycles. The molecule has 20 heavy (non-hydrogen) atoms. The smallest absolute Gasteiger partial charge is 0.360 e. The number of rotatable bonds is 7. The molecule has 0 spiro atoms. The Labute approximate surface area is 118 Å². The van der Waals surface area contributed by atoms with Gasteiger partial charge in [-0.15, -0.1) is 0 Å². The second-order valence-corrected chi connectivity index (χ2v) is 6.62. The van der Waals surface area contributed by atoms with Crippen molar-refractivity contribution in [3.05, 3.63) is 12.0 Å². The Morgan fingerprint density at radius 3 is 2.70 bits per heavy atom. The first kappa shape index (κ1) is 16.4. The van der Waals surface area contributed by atoms with Gasteiger partial charge in [-0.2, -0.15) is 4.98 Å². The minimum Gasteiger partial charge on any atom is -0.461 e. The first-order valence-electron chi connectivity index (χ1n) is 5.98. The monoisotopic (exact) mass is 305 g/mol. The number of hydrogen-bond donors (Lipinski definition) is 2. The molecule has 2 N–H and O–H groups in total. The summed E-state index contributed by atoms with van der Waals surface area (Å²) in [6.07, 6.45) is 2.26. The van der Waals surface area contributed by atoms with E-state index < -0.39 is 21.5 Å². The van der Waals surface area contributed by atoms with Crippen LogP contribution in [0.2, 0.25) is 0 Å². The molecule has 0 bridgehead atoms. The third kappa shape index (κ3) is 5.57. The SMILES string of the molecule is CCOC(=O)c1coc(NCC(C)(C)NS(C)(=O)=O)n1. The molecule has 9 heteroatoms. The van der Waals surface area contributed by atoms with Crippen molar-refractivity contribution in [1.29, 1.82) is 0 Å². The summed E-state index contributed by atoms with van der Waals surface area (Å²) in [6, 6.07) is 0.122. The van der Waals surface area contributed by atoms with Gasteiger partial charge in [0.2, 0.25) is 10.0 Å². The van der Waals surface area contributed by atoms with E-state index in [0.29, 0.717) is 0 Å². The van der Waals surface area contributed by atoms with E-state index in [-0.39, 0.29) is 24.9 Å². The van der Waals surface area contributed by atoms with E-state index in [2.05, 4.69) is 15.0 Å². The van der Waals surface area contributed by atoms with Crippen LogP contribution in [0.5, 0.6) is 0 Å². The minimum absolute atomic E-state index is 0.0585. The van der Waals surface area contributed by atoms with Gasteiger partial charge in [-0.05, 0) is 20.8 Å². The molecule has 1 rings (SSSR count). The molecule has 0 aliphatic heterocycles. The first-order valence-corrected chi connectivity index (χ1v) is 7.87. The highest BCUT2D eigenvalue weighted by Crippen LogP contribution is 2.11. The number of esters is 1. The van der Waals surface area contributed by atoms with Crippen molar-refractivity contribution in [3.63, 3.8) is 0 Å². The molecular weight excluding hydrogens is 286 g/mol. The number of oxazole rings is 1. The molecule has 0 saturated carbocycles. The number of carbonyl (C=O) groups is 1. The quantitative estimate of drug-likeness (QED) is 0.709. The normalized spacial score (nSPS) is 12.2. The highest BCUT2D eigenvalue weighted by molar-refractivity contribution is 7.88. The lowest BCUT2D eigenvalue weighted by Crippen LogP contribution is -2.47. The van der Waals surface area contributed by atoms with Crippen LogP contribution < -0.4 is 10.0 Å². The van der Waals surface area contributed by atoms with Crippen LogP contribution in [0.15, 0.2) is 10.7 Å². The van der Waals surface area contributed by atoms with Gasteiger partial charge in [0.15, 0.2) is 5.69 Å². The number of nitrogens with zero attached hydrogens (tertiary/aromatic N) is 1. The summed E-state index contributed by atoms with van der Waals surface area (Å²) >= 11 is 0. The lowest BCUT2D eigenvalue weighted by molar-refractivity contribution is 0.0519. The van der Waals surface area contributed by atoms with Gasteiger partial charge in [0.1, 0.15) is 6.26 Å². The van der Waals surface area contributed by atoms with E-state index in [9.17, 15) is 13.2 Å². The molecule has 1 heterocycles. The number of nitrogens with one attached hydrogen (secondary N) is 2. The zero-order chi connectivity index (χ0) is 15.4. The van der Waals surface area contributed by atoms with Crippen molar-refractivity contribution in [2.75, 3.05) is 24.7 Å². The average molecular weight is 305 g/mol. The summed E-state index contributed by atoms with van der Waals surface area (Å²) in [5.41, 5.74) is -0.671. The maximum absolute atomic E-state index is 11.4. The summed E-state index contributed by atoms with van der Waals surface area (Å²) in [4.78, 5) is 15.3. The maximum atomic E-state index is 11.4. The van der Waals surface area contributed by atoms with Crippen LogP contribution in [0.25, 0.3) is 0 Å². The van der Waals surface area contributed by atoms with Crippen LogP contribution in [-0.4, -0.2) is 44.3 Å². The van der Waals surface area contributed by atoms with Crippen LogP contribution in [0.1, 0.15) is 31.3 Å². The van der Waals surface area contributed by atoms with Crippen LogP contribution in [-0.2, 0) is 14.8 Å².